The van der Waals surface area contributed by atoms with Crippen LogP contribution in [0.25, 0.3) is 0 Å². The van der Waals surface area contributed by atoms with E-state index >= 15 is 0 Å². The first kappa shape index (κ1) is 13.2. The molecule has 1 aliphatic rings. The van der Waals surface area contributed by atoms with Crippen molar-refractivity contribution in [1.29, 1.82) is 0 Å². The monoisotopic (exact) mass is 244 g/mol. The smallest absolute Gasteiger partial charge is 0.304 e. The van der Waals surface area contributed by atoms with E-state index in [1.165, 1.54) is 0 Å². The lowest BCUT2D eigenvalue weighted by Crippen LogP contribution is -2.58. The maximum atomic E-state index is 12.7. The first-order valence-corrected chi connectivity index (χ1v) is 4.82. The van der Waals surface area contributed by atoms with Crippen LogP contribution in [0.3, 0.4) is 0 Å². The van der Waals surface area contributed by atoms with E-state index in [2.05, 4.69) is 4.74 Å². The Hall–Kier alpha value is -0.890. The molecule has 1 fully saturated rings. The lowest BCUT2D eigenvalue weighted by molar-refractivity contribution is -0.369. The van der Waals surface area contributed by atoms with Gasteiger partial charge in [-0.05, 0) is 12.8 Å². The van der Waals surface area contributed by atoms with Crippen molar-refractivity contribution in [3.8, 4) is 0 Å². The molecule has 2 atom stereocenters. The quantitative estimate of drug-likeness (QED) is 0.330. The zero-order valence-corrected chi connectivity index (χ0v) is 8.63. The molecule has 1 aliphatic carbocycles. The van der Waals surface area contributed by atoms with E-state index in [4.69, 9.17) is 0 Å². The van der Waals surface area contributed by atoms with Crippen molar-refractivity contribution in [1.82, 2.24) is 10.7 Å². The molecule has 0 heterocycles. The molecular formula is C8H12F4N2O2. The second-order valence-corrected chi connectivity index (χ2v) is 3.69. The van der Waals surface area contributed by atoms with E-state index in [1.54, 1.807) is 0 Å². The summed E-state index contributed by atoms with van der Waals surface area (Å²) in [4.78, 5) is 10.7. The Bertz CT molecular complexity index is 264. The first-order chi connectivity index (χ1) is 7.40. The number of nitrogens with zero attached hydrogens (tertiary/aromatic N) is 2. The molecule has 1 saturated carbocycles. The van der Waals surface area contributed by atoms with Gasteiger partial charge >= 0.3 is 5.97 Å². The van der Waals surface area contributed by atoms with Crippen molar-refractivity contribution in [2.24, 2.45) is 0 Å². The van der Waals surface area contributed by atoms with E-state index in [0.717, 1.165) is 6.92 Å². The van der Waals surface area contributed by atoms with Gasteiger partial charge in [0, 0.05) is 18.7 Å². The van der Waals surface area contributed by atoms with E-state index in [1.807, 2.05) is 0 Å². The second kappa shape index (κ2) is 4.96. The largest absolute Gasteiger partial charge is 0.437 e. The number of rotatable bonds is 3. The van der Waals surface area contributed by atoms with Gasteiger partial charge in [-0.25, -0.2) is 0 Å². The normalized spacial score (nSPS) is 30.8. The lowest BCUT2D eigenvalue weighted by Gasteiger charge is -2.41. The highest BCUT2D eigenvalue weighted by Crippen LogP contribution is 2.39. The Kier molecular flexibility index (Phi) is 4.09. The fourth-order valence-electron chi connectivity index (χ4n) is 1.96. The number of esters is 1. The summed E-state index contributed by atoms with van der Waals surface area (Å²) in [6, 6.07) is -1.81. The lowest BCUT2D eigenvalue weighted by atomic mass is 9.87. The maximum Gasteiger partial charge on any atom is 0.304 e. The van der Waals surface area contributed by atoms with Gasteiger partial charge < -0.3 is 4.74 Å². The van der Waals surface area contributed by atoms with Crippen LogP contribution in [0.15, 0.2) is 0 Å². The van der Waals surface area contributed by atoms with Crippen LogP contribution in [0.5, 0.6) is 0 Å². The minimum Gasteiger partial charge on any atom is -0.437 e. The number of halogens is 4. The molecule has 0 bridgehead atoms. The van der Waals surface area contributed by atoms with E-state index in [0.29, 0.717) is 12.8 Å². The molecule has 0 aromatic carbocycles. The van der Waals surface area contributed by atoms with Crippen LogP contribution in [0.4, 0.5) is 17.9 Å². The first-order valence-electron chi connectivity index (χ1n) is 4.82. The van der Waals surface area contributed by atoms with Gasteiger partial charge in [0.15, 0.2) is 0 Å². The molecule has 0 aromatic rings. The molecule has 0 aliphatic heterocycles. The molecule has 0 radical (unpaired) electrons. The van der Waals surface area contributed by atoms with Crippen LogP contribution in [-0.4, -0.2) is 28.4 Å². The summed E-state index contributed by atoms with van der Waals surface area (Å²) in [5, 5.41) is -2.74. The Morgan fingerprint density at radius 2 is 1.94 bits per heavy atom. The Morgan fingerprint density at radius 1 is 1.31 bits per heavy atom. The molecule has 0 saturated heterocycles. The van der Waals surface area contributed by atoms with Gasteiger partial charge in [-0.1, -0.05) is 15.4 Å². The van der Waals surface area contributed by atoms with Gasteiger partial charge in [-0.3, -0.25) is 4.79 Å². The zero-order valence-electron chi connectivity index (χ0n) is 8.63. The predicted molar refractivity (Wildman–Crippen MR) is 44.9 cm³/mol. The Labute approximate surface area is 89.5 Å². The van der Waals surface area contributed by atoms with Crippen LogP contribution >= 0.6 is 0 Å². The summed E-state index contributed by atoms with van der Waals surface area (Å²) < 4.78 is 54.9. The van der Waals surface area contributed by atoms with Gasteiger partial charge in [-0.2, -0.15) is 0 Å². The molecule has 8 heteroatoms. The summed E-state index contributed by atoms with van der Waals surface area (Å²) in [7, 11) is 0. The second-order valence-electron chi connectivity index (χ2n) is 3.69. The minimum absolute atomic E-state index is 0.148. The summed E-state index contributed by atoms with van der Waals surface area (Å²) in [5.74, 6) is -1.01. The third-order valence-corrected chi connectivity index (χ3v) is 2.63. The van der Waals surface area contributed by atoms with Gasteiger partial charge in [0.1, 0.15) is 6.04 Å². The third kappa shape index (κ3) is 2.43. The zero-order chi connectivity index (χ0) is 12.3. The van der Waals surface area contributed by atoms with Crippen molar-refractivity contribution in [3.63, 3.8) is 0 Å². The van der Waals surface area contributed by atoms with Crippen LogP contribution in [0.2, 0.25) is 0 Å². The number of hydrogen-bond donors (Lipinski definition) is 0. The Balaban J connectivity index is 2.97. The van der Waals surface area contributed by atoms with Crippen molar-refractivity contribution >= 4 is 5.97 Å². The van der Waals surface area contributed by atoms with Crippen LogP contribution < -0.4 is 0 Å². The fraction of sp³-hybridized carbons (Fsp3) is 0.875. The molecule has 0 spiro atoms. The van der Waals surface area contributed by atoms with Crippen LogP contribution in [-0.2, 0) is 9.53 Å². The number of carbonyl (C=O) groups excluding carboxylic acids is 1. The van der Waals surface area contributed by atoms with Gasteiger partial charge in [0.05, 0.1) is 5.34 Å². The Morgan fingerprint density at radius 3 is 2.38 bits per heavy atom. The summed E-state index contributed by atoms with van der Waals surface area (Å²) in [5.41, 5.74) is -2.53. The van der Waals surface area contributed by atoms with Crippen molar-refractivity contribution in [2.45, 2.75) is 44.4 Å². The molecule has 94 valence electrons. The SMILES string of the molecule is CC(=O)OC1(N(F)F)CCCCC1N(F)F. The highest BCUT2D eigenvalue weighted by molar-refractivity contribution is 5.66. The molecule has 2 unspecified atom stereocenters. The van der Waals surface area contributed by atoms with Crippen molar-refractivity contribution in [2.75, 3.05) is 0 Å². The van der Waals surface area contributed by atoms with Crippen LogP contribution in [0.1, 0.15) is 32.6 Å². The van der Waals surface area contributed by atoms with Crippen LogP contribution in [0, 0.1) is 0 Å². The summed E-state index contributed by atoms with van der Waals surface area (Å²) in [6.07, 6.45) is 0.243. The van der Waals surface area contributed by atoms with E-state index < -0.39 is 28.4 Å². The topological polar surface area (TPSA) is 32.8 Å². The van der Waals surface area contributed by atoms with Gasteiger partial charge in [0.2, 0.25) is 5.72 Å². The average Bonchev–Trinajstić information content (AvgIpc) is 2.16. The van der Waals surface area contributed by atoms with Crippen molar-refractivity contribution < 1.29 is 27.5 Å². The van der Waals surface area contributed by atoms with E-state index in [-0.39, 0.29) is 12.8 Å². The molecule has 16 heavy (non-hydrogen) atoms. The molecule has 1 rings (SSSR count). The predicted octanol–water partition coefficient (Wildman–Crippen LogP) is 2.33. The minimum atomic E-state index is -2.53. The maximum absolute atomic E-state index is 12.7. The van der Waals surface area contributed by atoms with E-state index in [9.17, 15) is 22.7 Å². The fourth-order valence-corrected chi connectivity index (χ4v) is 1.96. The highest BCUT2D eigenvalue weighted by Gasteiger charge is 2.54. The number of carbonyl (C=O) groups is 1. The summed E-state index contributed by atoms with van der Waals surface area (Å²) >= 11 is 0. The molecule has 0 amide bonds. The molecule has 0 aromatic heterocycles. The highest BCUT2D eigenvalue weighted by atomic mass is 19.4. The number of hydrogen-bond acceptors (Lipinski definition) is 4. The van der Waals surface area contributed by atoms with Crippen molar-refractivity contribution in [3.05, 3.63) is 0 Å². The molecule has 0 N–H and O–H groups in total. The molecule has 4 nitrogen and oxygen atoms in total. The number of ether oxygens (including phenoxy) is 1. The standard InChI is InChI=1S/C8H12F4N2O2/c1-6(15)16-8(14(11)12)5-3-2-4-7(8)13(9)10/h7H,2-5H2,1H3. The molecular weight excluding hydrogens is 232 g/mol. The summed E-state index contributed by atoms with van der Waals surface area (Å²) in [6.45, 7) is 0.914. The van der Waals surface area contributed by atoms with Gasteiger partial charge in [-0.15, -0.1) is 8.96 Å². The average molecular weight is 244 g/mol. The third-order valence-electron chi connectivity index (χ3n) is 2.63. The van der Waals surface area contributed by atoms with Gasteiger partial charge in [0.25, 0.3) is 0 Å².